The molecular formula is C16H22N2S. The van der Waals surface area contributed by atoms with E-state index in [1.54, 1.807) is 11.3 Å². The van der Waals surface area contributed by atoms with E-state index in [1.165, 1.54) is 10.6 Å². The Hall–Kier alpha value is -1.19. The Morgan fingerprint density at radius 1 is 1.21 bits per heavy atom. The second-order valence-corrected chi connectivity index (χ2v) is 5.89. The first-order chi connectivity index (χ1) is 9.28. The number of aromatic nitrogens is 1. The Balaban J connectivity index is 1.99. The molecule has 1 N–H and O–H groups in total. The number of thiazole rings is 1. The lowest BCUT2D eigenvalue weighted by Crippen LogP contribution is -2.25. The lowest BCUT2D eigenvalue weighted by atomic mass is 9.96. The van der Waals surface area contributed by atoms with Crippen LogP contribution >= 0.6 is 11.3 Å². The zero-order valence-corrected chi connectivity index (χ0v) is 12.5. The summed E-state index contributed by atoms with van der Waals surface area (Å²) in [4.78, 5) is 4.59. The van der Waals surface area contributed by atoms with Crippen LogP contribution in [-0.4, -0.2) is 18.1 Å². The van der Waals surface area contributed by atoms with Crippen LogP contribution in [0.5, 0.6) is 0 Å². The molecule has 0 bridgehead atoms. The highest BCUT2D eigenvalue weighted by Gasteiger charge is 2.12. The molecular weight excluding hydrogens is 252 g/mol. The Morgan fingerprint density at radius 3 is 2.63 bits per heavy atom. The zero-order chi connectivity index (χ0) is 13.5. The van der Waals surface area contributed by atoms with Gasteiger partial charge in [-0.3, -0.25) is 0 Å². The van der Waals surface area contributed by atoms with Gasteiger partial charge in [-0.1, -0.05) is 37.3 Å². The summed E-state index contributed by atoms with van der Waals surface area (Å²) in [5.41, 5.74) is 2.56. The predicted molar refractivity (Wildman–Crippen MR) is 82.7 cm³/mol. The molecule has 0 spiro atoms. The minimum Gasteiger partial charge on any atom is -0.317 e. The largest absolute Gasteiger partial charge is 0.317 e. The average molecular weight is 274 g/mol. The molecule has 0 aliphatic heterocycles. The molecule has 0 aliphatic carbocycles. The first-order valence-electron chi connectivity index (χ1n) is 6.93. The third-order valence-corrected chi connectivity index (χ3v) is 4.17. The Morgan fingerprint density at radius 2 is 2.00 bits per heavy atom. The van der Waals surface area contributed by atoms with E-state index in [0.717, 1.165) is 31.6 Å². The van der Waals surface area contributed by atoms with Crippen molar-refractivity contribution in [1.29, 1.82) is 0 Å². The first kappa shape index (κ1) is 14.2. The summed E-state index contributed by atoms with van der Waals surface area (Å²) in [6, 6.07) is 10.7. The number of rotatable bonds is 7. The van der Waals surface area contributed by atoms with Crippen molar-refractivity contribution in [3.05, 3.63) is 52.0 Å². The second-order valence-electron chi connectivity index (χ2n) is 4.95. The van der Waals surface area contributed by atoms with Crippen molar-refractivity contribution in [2.45, 2.75) is 26.7 Å². The molecule has 0 aliphatic rings. The minimum absolute atomic E-state index is 0.618. The third kappa shape index (κ3) is 4.77. The quantitative estimate of drug-likeness (QED) is 0.836. The van der Waals surface area contributed by atoms with E-state index in [-0.39, 0.29) is 0 Å². The van der Waals surface area contributed by atoms with Crippen molar-refractivity contribution in [1.82, 2.24) is 10.3 Å². The van der Waals surface area contributed by atoms with Gasteiger partial charge in [-0.2, -0.15) is 0 Å². The summed E-state index contributed by atoms with van der Waals surface area (Å²) in [6.45, 7) is 6.32. The molecule has 0 amide bonds. The number of hydrogen-bond donors (Lipinski definition) is 1. The van der Waals surface area contributed by atoms with Gasteiger partial charge in [0.15, 0.2) is 0 Å². The summed E-state index contributed by atoms with van der Waals surface area (Å²) in [5.74, 6) is 0.618. The molecule has 0 fully saturated rings. The van der Waals surface area contributed by atoms with Crippen LogP contribution in [0.3, 0.4) is 0 Å². The number of aryl methyl sites for hydroxylation is 1. The lowest BCUT2D eigenvalue weighted by molar-refractivity contribution is 0.477. The van der Waals surface area contributed by atoms with Crippen molar-refractivity contribution in [3.63, 3.8) is 0 Å². The zero-order valence-electron chi connectivity index (χ0n) is 11.7. The molecule has 1 heterocycles. The van der Waals surface area contributed by atoms with E-state index < -0.39 is 0 Å². The SMILES string of the molecule is CCNCC(Cc1ccccc1)Cc1nc(C)cs1. The summed E-state index contributed by atoms with van der Waals surface area (Å²) >= 11 is 1.78. The summed E-state index contributed by atoms with van der Waals surface area (Å²) in [5, 5.41) is 6.87. The average Bonchev–Trinajstić information content (AvgIpc) is 2.82. The number of benzene rings is 1. The van der Waals surface area contributed by atoms with Crippen LogP contribution in [0, 0.1) is 12.8 Å². The van der Waals surface area contributed by atoms with Gasteiger partial charge in [-0.25, -0.2) is 4.98 Å². The van der Waals surface area contributed by atoms with Crippen LogP contribution in [0.2, 0.25) is 0 Å². The van der Waals surface area contributed by atoms with Crippen molar-refractivity contribution >= 4 is 11.3 Å². The fraction of sp³-hybridized carbons (Fsp3) is 0.438. The maximum atomic E-state index is 4.59. The molecule has 1 atom stereocenters. The van der Waals surface area contributed by atoms with E-state index >= 15 is 0 Å². The van der Waals surface area contributed by atoms with Crippen LogP contribution in [0.25, 0.3) is 0 Å². The molecule has 0 radical (unpaired) electrons. The molecule has 1 aromatic carbocycles. The Labute approximate surface area is 119 Å². The Kier molecular flexibility index (Phi) is 5.55. The highest BCUT2D eigenvalue weighted by molar-refractivity contribution is 7.09. The van der Waals surface area contributed by atoms with Crippen molar-refractivity contribution in [2.75, 3.05) is 13.1 Å². The highest BCUT2D eigenvalue weighted by Crippen LogP contribution is 2.17. The van der Waals surface area contributed by atoms with Gasteiger partial charge in [-0.15, -0.1) is 11.3 Å². The maximum Gasteiger partial charge on any atom is 0.0931 e. The molecule has 102 valence electrons. The normalized spacial score (nSPS) is 12.5. The van der Waals surface area contributed by atoms with Crippen LogP contribution in [0.1, 0.15) is 23.2 Å². The summed E-state index contributed by atoms with van der Waals surface area (Å²) in [7, 11) is 0. The molecule has 2 aromatic rings. The van der Waals surface area contributed by atoms with Gasteiger partial charge in [0.25, 0.3) is 0 Å². The van der Waals surface area contributed by atoms with Gasteiger partial charge in [0.1, 0.15) is 0 Å². The van der Waals surface area contributed by atoms with E-state index in [1.807, 2.05) is 0 Å². The van der Waals surface area contributed by atoms with Crippen molar-refractivity contribution < 1.29 is 0 Å². The molecule has 1 unspecified atom stereocenters. The van der Waals surface area contributed by atoms with Crippen LogP contribution < -0.4 is 5.32 Å². The molecule has 0 saturated carbocycles. The van der Waals surface area contributed by atoms with Gasteiger partial charge in [0.2, 0.25) is 0 Å². The van der Waals surface area contributed by atoms with E-state index in [9.17, 15) is 0 Å². The maximum absolute atomic E-state index is 4.59. The predicted octanol–water partition coefficient (Wildman–Crippen LogP) is 3.46. The van der Waals surface area contributed by atoms with Gasteiger partial charge in [0.05, 0.1) is 5.01 Å². The van der Waals surface area contributed by atoms with Crippen LogP contribution in [-0.2, 0) is 12.8 Å². The molecule has 3 heteroatoms. The third-order valence-electron chi connectivity index (χ3n) is 3.18. The number of hydrogen-bond acceptors (Lipinski definition) is 3. The smallest absolute Gasteiger partial charge is 0.0931 e. The minimum atomic E-state index is 0.618. The highest BCUT2D eigenvalue weighted by atomic mass is 32.1. The van der Waals surface area contributed by atoms with Crippen molar-refractivity contribution in [3.8, 4) is 0 Å². The molecule has 0 saturated heterocycles. The lowest BCUT2D eigenvalue weighted by Gasteiger charge is -2.16. The molecule has 19 heavy (non-hydrogen) atoms. The van der Waals surface area contributed by atoms with Crippen LogP contribution in [0.15, 0.2) is 35.7 Å². The molecule has 2 nitrogen and oxygen atoms in total. The fourth-order valence-corrected chi connectivity index (χ4v) is 3.14. The Bertz CT molecular complexity index is 479. The fourth-order valence-electron chi connectivity index (χ4n) is 2.26. The monoisotopic (exact) mass is 274 g/mol. The molecule has 1 aromatic heterocycles. The second kappa shape index (κ2) is 7.41. The topological polar surface area (TPSA) is 24.9 Å². The first-order valence-corrected chi connectivity index (χ1v) is 7.81. The van der Waals surface area contributed by atoms with Gasteiger partial charge in [0, 0.05) is 17.5 Å². The van der Waals surface area contributed by atoms with Gasteiger partial charge < -0.3 is 5.32 Å². The van der Waals surface area contributed by atoms with E-state index in [0.29, 0.717) is 5.92 Å². The standard InChI is InChI=1S/C16H22N2S/c1-3-17-11-15(9-14-7-5-4-6-8-14)10-16-18-13(2)12-19-16/h4-8,12,15,17H,3,9-11H2,1-2H3. The summed E-state index contributed by atoms with van der Waals surface area (Å²) in [6.07, 6.45) is 2.19. The van der Waals surface area contributed by atoms with Gasteiger partial charge in [-0.05, 0) is 37.9 Å². The van der Waals surface area contributed by atoms with Gasteiger partial charge >= 0.3 is 0 Å². The van der Waals surface area contributed by atoms with Crippen LogP contribution in [0.4, 0.5) is 0 Å². The number of nitrogens with zero attached hydrogens (tertiary/aromatic N) is 1. The number of nitrogens with one attached hydrogen (secondary N) is 1. The van der Waals surface area contributed by atoms with Crippen molar-refractivity contribution in [2.24, 2.45) is 5.92 Å². The summed E-state index contributed by atoms with van der Waals surface area (Å²) < 4.78 is 0. The van der Waals surface area contributed by atoms with E-state index in [2.05, 4.69) is 59.9 Å². The van der Waals surface area contributed by atoms with E-state index in [4.69, 9.17) is 0 Å². The molecule has 2 rings (SSSR count).